The van der Waals surface area contributed by atoms with Gasteiger partial charge < -0.3 is 19.5 Å². The van der Waals surface area contributed by atoms with Crippen molar-refractivity contribution in [3.63, 3.8) is 0 Å². The second-order valence-electron chi connectivity index (χ2n) is 7.47. The van der Waals surface area contributed by atoms with Gasteiger partial charge in [-0.2, -0.15) is 0 Å². The van der Waals surface area contributed by atoms with Crippen LogP contribution in [0.3, 0.4) is 0 Å². The van der Waals surface area contributed by atoms with Gasteiger partial charge in [0.2, 0.25) is 5.91 Å². The number of phenols is 1. The largest absolute Gasteiger partial charge is 0.508 e. The quantitative estimate of drug-likeness (QED) is 0.900. The van der Waals surface area contributed by atoms with Gasteiger partial charge in [-0.1, -0.05) is 24.3 Å². The van der Waals surface area contributed by atoms with Crippen LogP contribution in [0.4, 0.5) is 0 Å². The van der Waals surface area contributed by atoms with E-state index in [2.05, 4.69) is 6.07 Å². The van der Waals surface area contributed by atoms with Crippen molar-refractivity contribution in [2.75, 3.05) is 26.8 Å². The number of morpholine rings is 1. The fourth-order valence-corrected chi connectivity index (χ4v) is 3.93. The Kier molecular flexibility index (Phi) is 4.56. The highest BCUT2D eigenvalue weighted by Gasteiger charge is 2.53. The Morgan fingerprint density at radius 2 is 2.07 bits per heavy atom. The van der Waals surface area contributed by atoms with Crippen molar-refractivity contribution in [1.29, 1.82) is 0 Å². The maximum Gasteiger partial charge on any atom is 0.233 e. The molecule has 1 saturated carbocycles. The van der Waals surface area contributed by atoms with E-state index < -0.39 is 5.41 Å². The number of ether oxygens (including phenoxy) is 2. The van der Waals surface area contributed by atoms with Gasteiger partial charge in [-0.3, -0.25) is 4.79 Å². The number of hydrogen-bond donors (Lipinski definition) is 1. The zero-order chi connectivity index (χ0) is 19.0. The molecule has 0 aromatic heterocycles. The molecule has 1 N–H and O–H groups in total. The molecule has 1 atom stereocenters. The van der Waals surface area contributed by atoms with Gasteiger partial charge in [0.05, 0.1) is 25.7 Å². The molecule has 0 spiro atoms. The third-order valence-electron chi connectivity index (χ3n) is 5.72. The third-order valence-corrected chi connectivity index (χ3v) is 5.72. The number of methoxy groups -OCH3 is 1. The number of aryl methyl sites for hydroxylation is 1. The summed E-state index contributed by atoms with van der Waals surface area (Å²) in [6, 6.07) is 13.2. The van der Waals surface area contributed by atoms with Crippen molar-refractivity contribution in [2.45, 2.75) is 31.3 Å². The fourth-order valence-electron chi connectivity index (χ4n) is 3.93. The van der Waals surface area contributed by atoms with Gasteiger partial charge in [-0.15, -0.1) is 0 Å². The summed E-state index contributed by atoms with van der Waals surface area (Å²) in [6.07, 6.45) is 1.52. The molecule has 5 heteroatoms. The molecule has 2 aliphatic rings. The number of amides is 1. The number of carbonyl (C=O) groups is 1. The molecular formula is C22H25NO4. The normalized spacial score (nSPS) is 21.0. The molecular weight excluding hydrogens is 342 g/mol. The molecule has 0 bridgehead atoms. The molecule has 1 heterocycles. The summed E-state index contributed by atoms with van der Waals surface area (Å²) in [5.74, 6) is 1.21. The van der Waals surface area contributed by atoms with Gasteiger partial charge in [0.1, 0.15) is 17.6 Å². The number of hydrogen-bond acceptors (Lipinski definition) is 4. The molecule has 27 heavy (non-hydrogen) atoms. The first kappa shape index (κ1) is 17.9. The summed E-state index contributed by atoms with van der Waals surface area (Å²) < 4.78 is 11.3. The van der Waals surface area contributed by atoms with E-state index in [1.165, 1.54) is 0 Å². The number of carbonyl (C=O) groups excluding carboxylic acids is 1. The van der Waals surface area contributed by atoms with Crippen molar-refractivity contribution in [3.8, 4) is 11.5 Å². The third kappa shape index (κ3) is 3.28. The predicted octanol–water partition coefficient (Wildman–Crippen LogP) is 3.34. The molecule has 5 nitrogen and oxygen atoms in total. The molecule has 1 aliphatic heterocycles. The minimum absolute atomic E-state index is 0.168. The Balaban J connectivity index is 1.55. The van der Waals surface area contributed by atoms with E-state index in [4.69, 9.17) is 9.47 Å². The Morgan fingerprint density at radius 1 is 1.26 bits per heavy atom. The van der Waals surface area contributed by atoms with Crippen LogP contribution in [-0.4, -0.2) is 42.7 Å². The van der Waals surface area contributed by atoms with Crippen molar-refractivity contribution in [1.82, 2.24) is 4.90 Å². The Bertz CT molecular complexity index is 859. The fraction of sp³-hybridized carbons (Fsp3) is 0.409. The smallest absolute Gasteiger partial charge is 0.233 e. The number of benzene rings is 2. The Labute approximate surface area is 159 Å². The summed E-state index contributed by atoms with van der Waals surface area (Å²) in [5, 5.41) is 9.73. The molecule has 1 unspecified atom stereocenters. The van der Waals surface area contributed by atoms with Crippen LogP contribution in [0.1, 0.15) is 35.6 Å². The van der Waals surface area contributed by atoms with Crippen LogP contribution >= 0.6 is 0 Å². The average Bonchev–Trinajstić information content (AvgIpc) is 3.50. The lowest BCUT2D eigenvalue weighted by molar-refractivity contribution is -0.141. The van der Waals surface area contributed by atoms with E-state index in [0.29, 0.717) is 19.7 Å². The van der Waals surface area contributed by atoms with Crippen LogP contribution in [0.25, 0.3) is 0 Å². The highest BCUT2D eigenvalue weighted by molar-refractivity contribution is 5.91. The molecule has 0 radical (unpaired) electrons. The highest BCUT2D eigenvalue weighted by Crippen LogP contribution is 2.51. The summed E-state index contributed by atoms with van der Waals surface area (Å²) in [7, 11) is 1.66. The highest BCUT2D eigenvalue weighted by atomic mass is 16.5. The number of phenolic OH excluding ortho intramolecular Hbond substituents is 1. The topological polar surface area (TPSA) is 59.0 Å². The van der Waals surface area contributed by atoms with E-state index in [9.17, 15) is 9.90 Å². The van der Waals surface area contributed by atoms with Crippen LogP contribution in [0, 0.1) is 6.92 Å². The molecule has 2 aromatic rings. The number of aromatic hydroxyl groups is 1. The maximum absolute atomic E-state index is 13.4. The van der Waals surface area contributed by atoms with E-state index >= 15 is 0 Å². The van der Waals surface area contributed by atoms with Gasteiger partial charge in [-0.05, 0) is 54.7 Å². The van der Waals surface area contributed by atoms with Crippen LogP contribution in [0.5, 0.6) is 11.5 Å². The predicted molar refractivity (Wildman–Crippen MR) is 102 cm³/mol. The lowest BCUT2D eigenvalue weighted by Gasteiger charge is -2.35. The Hall–Kier alpha value is -2.53. The van der Waals surface area contributed by atoms with E-state index in [1.54, 1.807) is 25.3 Å². The first-order valence-electron chi connectivity index (χ1n) is 9.38. The van der Waals surface area contributed by atoms with Crippen LogP contribution < -0.4 is 4.74 Å². The average molecular weight is 367 g/mol. The maximum atomic E-state index is 13.4. The zero-order valence-corrected chi connectivity index (χ0v) is 15.8. The molecule has 142 valence electrons. The van der Waals surface area contributed by atoms with Crippen molar-refractivity contribution in [2.24, 2.45) is 0 Å². The lowest BCUT2D eigenvalue weighted by Crippen LogP contribution is -2.46. The van der Waals surface area contributed by atoms with Crippen LogP contribution in [0.15, 0.2) is 42.5 Å². The Morgan fingerprint density at radius 3 is 2.78 bits per heavy atom. The standard InChI is InChI=1S/C22H25NO4/c1-15-6-7-17(13-19(15)26-2)22(8-9-22)21(25)23-10-11-27-20(14-23)16-4-3-5-18(24)12-16/h3-7,12-13,20,24H,8-11,14H2,1-2H3. The summed E-state index contributed by atoms with van der Waals surface area (Å²) >= 11 is 0. The summed E-state index contributed by atoms with van der Waals surface area (Å²) in [5.41, 5.74) is 2.58. The number of nitrogens with zero attached hydrogens (tertiary/aromatic N) is 1. The second kappa shape index (κ2) is 6.89. The van der Waals surface area contributed by atoms with Gasteiger partial charge in [-0.25, -0.2) is 0 Å². The monoisotopic (exact) mass is 367 g/mol. The molecule has 2 aromatic carbocycles. The van der Waals surface area contributed by atoms with Crippen LogP contribution in [-0.2, 0) is 14.9 Å². The minimum Gasteiger partial charge on any atom is -0.508 e. The van der Waals surface area contributed by atoms with Crippen LogP contribution in [0.2, 0.25) is 0 Å². The SMILES string of the molecule is COc1cc(C2(C(=O)N3CCOC(c4cccc(O)c4)C3)CC2)ccc1C. The van der Waals surface area contributed by atoms with Crippen molar-refractivity contribution >= 4 is 5.91 Å². The first-order chi connectivity index (χ1) is 13.0. The van der Waals surface area contributed by atoms with Gasteiger partial charge >= 0.3 is 0 Å². The lowest BCUT2D eigenvalue weighted by atomic mass is 9.92. The van der Waals surface area contributed by atoms with Crippen molar-refractivity contribution < 1.29 is 19.4 Å². The molecule has 2 fully saturated rings. The van der Waals surface area contributed by atoms with Gasteiger partial charge in [0.15, 0.2) is 0 Å². The van der Waals surface area contributed by atoms with Crippen molar-refractivity contribution in [3.05, 3.63) is 59.2 Å². The number of rotatable bonds is 4. The van der Waals surface area contributed by atoms with E-state index in [-0.39, 0.29) is 17.8 Å². The van der Waals surface area contributed by atoms with Gasteiger partial charge in [0, 0.05) is 6.54 Å². The molecule has 1 amide bonds. The zero-order valence-electron chi connectivity index (χ0n) is 15.8. The van der Waals surface area contributed by atoms with E-state index in [1.807, 2.05) is 30.0 Å². The minimum atomic E-state index is -0.429. The molecule has 1 saturated heterocycles. The summed E-state index contributed by atoms with van der Waals surface area (Å²) in [4.78, 5) is 15.3. The van der Waals surface area contributed by atoms with E-state index in [0.717, 1.165) is 35.3 Å². The first-order valence-corrected chi connectivity index (χ1v) is 9.38. The summed E-state index contributed by atoms with van der Waals surface area (Å²) in [6.45, 7) is 3.61. The molecule has 1 aliphatic carbocycles. The van der Waals surface area contributed by atoms with Gasteiger partial charge in [0.25, 0.3) is 0 Å². The molecule has 4 rings (SSSR count). The second-order valence-corrected chi connectivity index (χ2v) is 7.47.